The fraction of sp³-hybridized carbons (Fsp3) is 0.250. The summed E-state index contributed by atoms with van der Waals surface area (Å²) < 4.78 is 7.03. The van der Waals surface area contributed by atoms with Crippen LogP contribution in [0.2, 0.25) is 5.02 Å². The maximum atomic E-state index is 12.5. The number of thiazole rings is 1. The number of nitrogens with zero attached hydrogens (tertiary/aromatic N) is 2. The lowest BCUT2D eigenvalue weighted by Gasteiger charge is -2.05. The summed E-state index contributed by atoms with van der Waals surface area (Å²) in [6, 6.07) is 4.85. The van der Waals surface area contributed by atoms with Crippen molar-refractivity contribution in [2.45, 2.75) is 20.4 Å². The van der Waals surface area contributed by atoms with Crippen molar-refractivity contribution < 1.29 is 9.53 Å². The number of terminal acetylenes is 1. The van der Waals surface area contributed by atoms with Crippen LogP contribution in [0, 0.1) is 26.2 Å². The fourth-order valence-electron chi connectivity index (χ4n) is 1.95. The third-order valence-electron chi connectivity index (χ3n) is 3.23. The largest absolute Gasteiger partial charge is 0.496 e. The molecule has 4 nitrogen and oxygen atoms in total. The van der Waals surface area contributed by atoms with Gasteiger partial charge in [0.2, 0.25) is 0 Å². The molecule has 2 aromatic rings. The first-order chi connectivity index (χ1) is 10.5. The molecule has 6 heteroatoms. The smallest absolute Gasteiger partial charge is 0.283 e. The van der Waals surface area contributed by atoms with Crippen LogP contribution in [-0.2, 0) is 6.54 Å². The lowest BCUT2D eigenvalue weighted by atomic mass is 10.2. The van der Waals surface area contributed by atoms with Gasteiger partial charge in [0.25, 0.3) is 5.91 Å². The number of hydrogen-bond donors (Lipinski definition) is 0. The van der Waals surface area contributed by atoms with Gasteiger partial charge in [-0.25, -0.2) is 0 Å². The zero-order valence-electron chi connectivity index (χ0n) is 12.5. The second-order valence-electron chi connectivity index (χ2n) is 4.58. The summed E-state index contributed by atoms with van der Waals surface area (Å²) in [7, 11) is 1.50. The summed E-state index contributed by atoms with van der Waals surface area (Å²) in [5, 5.41) is 0.453. The first kappa shape index (κ1) is 16.3. The Bertz CT molecular complexity index is 828. The Morgan fingerprint density at radius 2 is 2.23 bits per heavy atom. The summed E-state index contributed by atoms with van der Waals surface area (Å²) in [5.41, 5.74) is 1.33. The standard InChI is InChI=1S/C16H15ClN2O2S/c1-5-8-19-10(2)11(3)22-16(19)18-15(20)13-9-12(17)6-7-14(13)21-4/h1,6-7,9H,8H2,2-4H3. The molecule has 0 atom stereocenters. The Kier molecular flexibility index (Phi) is 5.07. The highest BCUT2D eigenvalue weighted by atomic mass is 35.5. The van der Waals surface area contributed by atoms with E-state index in [0.29, 0.717) is 27.7 Å². The molecule has 114 valence electrons. The average molecular weight is 335 g/mol. The van der Waals surface area contributed by atoms with Crippen molar-refractivity contribution in [3.8, 4) is 18.1 Å². The van der Waals surface area contributed by atoms with Gasteiger partial charge < -0.3 is 9.30 Å². The molecule has 0 saturated carbocycles. The Morgan fingerprint density at radius 3 is 2.86 bits per heavy atom. The predicted molar refractivity (Wildman–Crippen MR) is 88.5 cm³/mol. The highest BCUT2D eigenvalue weighted by Gasteiger charge is 2.14. The molecule has 0 aliphatic heterocycles. The molecule has 1 aromatic heterocycles. The molecule has 1 heterocycles. The zero-order valence-corrected chi connectivity index (χ0v) is 14.1. The average Bonchev–Trinajstić information content (AvgIpc) is 2.75. The van der Waals surface area contributed by atoms with Crippen molar-refractivity contribution in [3.05, 3.63) is 44.2 Å². The number of hydrogen-bond acceptors (Lipinski definition) is 3. The maximum Gasteiger partial charge on any atom is 0.283 e. The van der Waals surface area contributed by atoms with E-state index in [-0.39, 0.29) is 0 Å². The Hall–Kier alpha value is -2.03. The van der Waals surface area contributed by atoms with Gasteiger partial charge in [0.05, 0.1) is 19.2 Å². The van der Waals surface area contributed by atoms with Gasteiger partial charge in [-0.15, -0.1) is 17.8 Å². The normalized spacial score (nSPS) is 11.3. The molecule has 0 spiro atoms. The molecule has 0 unspecified atom stereocenters. The third kappa shape index (κ3) is 3.24. The van der Waals surface area contributed by atoms with Crippen LogP contribution in [0.4, 0.5) is 0 Å². The van der Waals surface area contributed by atoms with Crippen LogP contribution >= 0.6 is 22.9 Å². The van der Waals surface area contributed by atoms with Crippen molar-refractivity contribution in [2.75, 3.05) is 7.11 Å². The van der Waals surface area contributed by atoms with E-state index in [0.717, 1.165) is 10.6 Å². The highest BCUT2D eigenvalue weighted by Crippen LogP contribution is 2.23. The second-order valence-corrected chi connectivity index (χ2v) is 6.20. The van der Waals surface area contributed by atoms with Crippen molar-refractivity contribution >= 4 is 28.8 Å². The van der Waals surface area contributed by atoms with Crippen molar-refractivity contribution in [2.24, 2.45) is 4.99 Å². The minimum Gasteiger partial charge on any atom is -0.496 e. The molecule has 1 amide bonds. The Labute approximate surface area is 138 Å². The zero-order chi connectivity index (χ0) is 16.3. The number of carbonyl (C=O) groups is 1. The number of ether oxygens (including phenoxy) is 1. The van der Waals surface area contributed by atoms with Crippen molar-refractivity contribution in [1.29, 1.82) is 0 Å². The van der Waals surface area contributed by atoms with Gasteiger partial charge in [-0.05, 0) is 32.0 Å². The van der Waals surface area contributed by atoms with Gasteiger partial charge in [-0.2, -0.15) is 4.99 Å². The number of benzene rings is 1. The molecule has 0 aliphatic carbocycles. The number of rotatable bonds is 3. The SMILES string of the molecule is C#CCn1c(C)c(C)sc1=NC(=O)c1cc(Cl)ccc1OC. The van der Waals surface area contributed by atoms with E-state index < -0.39 is 5.91 Å². The van der Waals surface area contributed by atoms with E-state index in [9.17, 15) is 4.79 Å². The molecule has 22 heavy (non-hydrogen) atoms. The van der Waals surface area contributed by atoms with Gasteiger partial charge >= 0.3 is 0 Å². The summed E-state index contributed by atoms with van der Waals surface area (Å²) >= 11 is 7.38. The molecule has 0 aliphatic rings. The van der Waals surface area contributed by atoms with E-state index in [1.54, 1.807) is 18.2 Å². The number of aromatic nitrogens is 1. The van der Waals surface area contributed by atoms with E-state index in [4.69, 9.17) is 22.8 Å². The van der Waals surface area contributed by atoms with Gasteiger partial charge in [-0.1, -0.05) is 17.5 Å². The lowest BCUT2D eigenvalue weighted by molar-refractivity contribution is 0.0995. The van der Waals surface area contributed by atoms with Crippen LogP contribution in [0.3, 0.4) is 0 Å². The summed E-state index contributed by atoms with van der Waals surface area (Å²) in [5.74, 6) is 2.60. The Morgan fingerprint density at radius 1 is 1.50 bits per heavy atom. The number of halogens is 1. The van der Waals surface area contributed by atoms with E-state index in [1.165, 1.54) is 18.4 Å². The van der Waals surface area contributed by atoms with Gasteiger partial charge in [0, 0.05) is 15.6 Å². The maximum absolute atomic E-state index is 12.5. The minimum absolute atomic E-state index is 0.325. The first-order valence-corrected chi connectivity index (χ1v) is 7.70. The highest BCUT2D eigenvalue weighted by molar-refractivity contribution is 7.09. The molecule has 0 fully saturated rings. The summed E-state index contributed by atoms with van der Waals surface area (Å²) in [6.07, 6.45) is 5.38. The van der Waals surface area contributed by atoms with E-state index in [2.05, 4.69) is 10.9 Å². The van der Waals surface area contributed by atoms with Crippen molar-refractivity contribution in [1.82, 2.24) is 4.57 Å². The van der Waals surface area contributed by atoms with E-state index >= 15 is 0 Å². The number of amides is 1. The number of carbonyl (C=O) groups excluding carboxylic acids is 1. The van der Waals surface area contributed by atoms with Crippen molar-refractivity contribution in [3.63, 3.8) is 0 Å². The molecule has 0 saturated heterocycles. The monoisotopic (exact) mass is 334 g/mol. The van der Waals surface area contributed by atoms with Crippen LogP contribution in [0.25, 0.3) is 0 Å². The van der Waals surface area contributed by atoms with Gasteiger partial charge in [0.1, 0.15) is 5.75 Å². The molecule has 0 bridgehead atoms. The van der Waals surface area contributed by atoms with Gasteiger partial charge in [0.15, 0.2) is 4.80 Å². The van der Waals surface area contributed by atoms with Crippen LogP contribution in [0.1, 0.15) is 20.9 Å². The van der Waals surface area contributed by atoms with Crippen LogP contribution in [0.15, 0.2) is 23.2 Å². The fourth-order valence-corrected chi connectivity index (χ4v) is 3.10. The number of methoxy groups -OCH3 is 1. The first-order valence-electron chi connectivity index (χ1n) is 6.50. The molecular formula is C16H15ClN2O2S. The topological polar surface area (TPSA) is 43.6 Å². The Balaban J connectivity index is 2.55. The lowest BCUT2D eigenvalue weighted by Crippen LogP contribution is -2.18. The molecule has 1 aromatic carbocycles. The van der Waals surface area contributed by atoms with Crippen LogP contribution in [0.5, 0.6) is 5.75 Å². The molecule has 2 rings (SSSR count). The van der Waals surface area contributed by atoms with Crippen LogP contribution in [-0.4, -0.2) is 17.6 Å². The quantitative estimate of drug-likeness (QED) is 0.809. The summed E-state index contributed by atoms with van der Waals surface area (Å²) in [4.78, 5) is 18.3. The van der Waals surface area contributed by atoms with E-state index in [1.807, 2.05) is 18.4 Å². The predicted octanol–water partition coefficient (Wildman–Crippen LogP) is 3.20. The molecule has 0 N–H and O–H groups in total. The number of aryl methyl sites for hydroxylation is 1. The third-order valence-corrected chi connectivity index (χ3v) is 4.56. The second kappa shape index (κ2) is 6.82. The molecular weight excluding hydrogens is 320 g/mol. The molecule has 0 radical (unpaired) electrons. The minimum atomic E-state index is -0.411. The summed E-state index contributed by atoms with van der Waals surface area (Å²) in [6.45, 7) is 4.29. The van der Waals surface area contributed by atoms with Gasteiger partial charge in [-0.3, -0.25) is 4.79 Å². The van der Waals surface area contributed by atoms with Crippen LogP contribution < -0.4 is 9.54 Å².